The van der Waals surface area contributed by atoms with Crippen LogP contribution in [0.3, 0.4) is 0 Å². The van der Waals surface area contributed by atoms with Gasteiger partial charge in [0, 0.05) is 5.92 Å². The van der Waals surface area contributed by atoms with Gasteiger partial charge >= 0.3 is 6.09 Å². The SMILES string of the molecule is C=CCOC(C(C)C1NC(=O)O[C@]1(C)[C@H](C)CC)[C@H](C)CCC. The average molecular weight is 325 g/mol. The van der Waals surface area contributed by atoms with Crippen LogP contribution in [0.4, 0.5) is 4.79 Å². The van der Waals surface area contributed by atoms with Crippen LogP contribution < -0.4 is 5.32 Å². The number of rotatable bonds is 10. The number of carbonyl (C=O) groups excluding carboxylic acids is 1. The van der Waals surface area contributed by atoms with Crippen molar-refractivity contribution < 1.29 is 14.3 Å². The number of cyclic esters (lactones) is 1. The van der Waals surface area contributed by atoms with Crippen molar-refractivity contribution in [1.82, 2.24) is 5.32 Å². The Kier molecular flexibility index (Phi) is 7.59. The molecule has 0 bridgehead atoms. The Hall–Kier alpha value is -1.03. The van der Waals surface area contributed by atoms with Crippen LogP contribution in [0.25, 0.3) is 0 Å². The molecular weight excluding hydrogens is 290 g/mol. The normalized spacial score (nSPS) is 29.3. The Morgan fingerprint density at radius 3 is 2.57 bits per heavy atom. The van der Waals surface area contributed by atoms with Crippen LogP contribution in [0.2, 0.25) is 0 Å². The van der Waals surface area contributed by atoms with E-state index in [-0.39, 0.29) is 30.1 Å². The molecule has 1 N–H and O–H groups in total. The maximum Gasteiger partial charge on any atom is 0.408 e. The maximum atomic E-state index is 11.9. The van der Waals surface area contributed by atoms with Crippen molar-refractivity contribution in [2.24, 2.45) is 17.8 Å². The van der Waals surface area contributed by atoms with E-state index in [1.165, 1.54) is 0 Å². The number of carbonyl (C=O) groups is 1. The summed E-state index contributed by atoms with van der Waals surface area (Å²) < 4.78 is 11.8. The molecule has 0 aromatic heterocycles. The summed E-state index contributed by atoms with van der Waals surface area (Å²) in [6.07, 6.45) is 4.75. The average Bonchev–Trinajstić information content (AvgIpc) is 2.82. The van der Waals surface area contributed by atoms with Crippen molar-refractivity contribution in [3.05, 3.63) is 12.7 Å². The molecule has 6 atom stereocenters. The third kappa shape index (κ3) is 4.50. The van der Waals surface area contributed by atoms with Gasteiger partial charge in [0.15, 0.2) is 0 Å². The highest BCUT2D eigenvalue weighted by molar-refractivity contribution is 5.71. The lowest BCUT2D eigenvalue weighted by Gasteiger charge is -2.40. The Bertz CT molecular complexity index is 398. The summed E-state index contributed by atoms with van der Waals surface area (Å²) in [4.78, 5) is 11.9. The Labute approximate surface area is 142 Å². The van der Waals surface area contributed by atoms with E-state index < -0.39 is 5.60 Å². The number of hydrogen-bond acceptors (Lipinski definition) is 3. The molecule has 134 valence electrons. The van der Waals surface area contributed by atoms with Gasteiger partial charge in [0.2, 0.25) is 0 Å². The van der Waals surface area contributed by atoms with Crippen molar-refractivity contribution in [2.75, 3.05) is 6.61 Å². The first-order chi connectivity index (χ1) is 10.8. The molecule has 0 aliphatic carbocycles. The van der Waals surface area contributed by atoms with E-state index in [4.69, 9.17) is 9.47 Å². The van der Waals surface area contributed by atoms with Crippen molar-refractivity contribution in [3.8, 4) is 0 Å². The van der Waals surface area contributed by atoms with Gasteiger partial charge in [0.25, 0.3) is 0 Å². The molecule has 1 aliphatic rings. The van der Waals surface area contributed by atoms with Gasteiger partial charge in [-0.25, -0.2) is 4.79 Å². The number of nitrogens with one attached hydrogen (secondary N) is 1. The molecular formula is C19H35NO3. The summed E-state index contributed by atoms with van der Waals surface area (Å²) in [6.45, 7) is 17.2. The Morgan fingerprint density at radius 2 is 2.04 bits per heavy atom. The van der Waals surface area contributed by atoms with Gasteiger partial charge in [-0.1, -0.05) is 47.1 Å². The van der Waals surface area contributed by atoms with Crippen LogP contribution in [0.15, 0.2) is 12.7 Å². The van der Waals surface area contributed by atoms with E-state index in [1.54, 1.807) is 6.08 Å². The van der Waals surface area contributed by atoms with Gasteiger partial charge < -0.3 is 14.8 Å². The van der Waals surface area contributed by atoms with E-state index in [1.807, 2.05) is 0 Å². The number of alkyl carbamates (subject to hydrolysis) is 1. The van der Waals surface area contributed by atoms with Crippen LogP contribution in [-0.4, -0.2) is 30.4 Å². The highest BCUT2D eigenvalue weighted by atomic mass is 16.6. The predicted octanol–water partition coefficient (Wildman–Crippen LogP) is 4.54. The van der Waals surface area contributed by atoms with Crippen molar-refractivity contribution >= 4 is 6.09 Å². The fraction of sp³-hybridized carbons (Fsp3) is 0.842. The van der Waals surface area contributed by atoms with Crippen molar-refractivity contribution in [3.63, 3.8) is 0 Å². The minimum absolute atomic E-state index is 0.0425. The van der Waals surface area contributed by atoms with E-state index in [0.717, 1.165) is 19.3 Å². The zero-order valence-electron chi connectivity index (χ0n) is 15.7. The standard InChI is InChI=1S/C19H35NO3/c1-8-11-13(4)16(22-12-9-2)15(6)17-19(7,14(5)10-3)23-18(21)20-17/h9,13-17H,2,8,10-12H2,1,3-7H3,(H,20,21)/t13-,14-,15?,16?,17?,19-/m1/s1. The second-order valence-corrected chi connectivity index (χ2v) is 7.22. The van der Waals surface area contributed by atoms with Gasteiger partial charge in [0.05, 0.1) is 18.8 Å². The molecule has 0 aromatic carbocycles. The summed E-state index contributed by atoms with van der Waals surface area (Å²) in [5.74, 6) is 0.881. The summed E-state index contributed by atoms with van der Waals surface area (Å²) in [5, 5.41) is 3.05. The zero-order valence-corrected chi connectivity index (χ0v) is 15.7. The highest BCUT2D eigenvalue weighted by Crippen LogP contribution is 2.38. The Morgan fingerprint density at radius 1 is 1.39 bits per heavy atom. The summed E-state index contributed by atoms with van der Waals surface area (Å²) in [6, 6.07) is -0.0425. The van der Waals surface area contributed by atoms with Crippen LogP contribution in [-0.2, 0) is 9.47 Å². The van der Waals surface area contributed by atoms with Gasteiger partial charge in [-0.3, -0.25) is 0 Å². The smallest absolute Gasteiger partial charge is 0.408 e. The summed E-state index contributed by atoms with van der Waals surface area (Å²) >= 11 is 0. The monoisotopic (exact) mass is 325 g/mol. The van der Waals surface area contributed by atoms with Crippen LogP contribution >= 0.6 is 0 Å². The first-order valence-corrected chi connectivity index (χ1v) is 9.03. The fourth-order valence-electron chi connectivity index (χ4n) is 3.85. The minimum atomic E-state index is -0.493. The predicted molar refractivity (Wildman–Crippen MR) is 94.4 cm³/mol. The van der Waals surface area contributed by atoms with Crippen molar-refractivity contribution in [1.29, 1.82) is 0 Å². The fourth-order valence-corrected chi connectivity index (χ4v) is 3.85. The lowest BCUT2D eigenvalue weighted by Crippen LogP contribution is -2.53. The van der Waals surface area contributed by atoms with Gasteiger partial charge in [-0.2, -0.15) is 0 Å². The molecule has 0 spiro atoms. The van der Waals surface area contributed by atoms with Crippen LogP contribution in [0.5, 0.6) is 0 Å². The molecule has 0 saturated carbocycles. The number of amides is 1. The van der Waals surface area contributed by atoms with Gasteiger partial charge in [0.1, 0.15) is 5.60 Å². The first-order valence-electron chi connectivity index (χ1n) is 9.03. The number of hydrogen-bond donors (Lipinski definition) is 1. The third-order valence-corrected chi connectivity index (χ3v) is 5.55. The van der Waals surface area contributed by atoms with Crippen LogP contribution in [0.1, 0.15) is 60.8 Å². The molecule has 1 rings (SSSR count). The lowest BCUT2D eigenvalue weighted by atomic mass is 9.74. The summed E-state index contributed by atoms with van der Waals surface area (Å²) in [7, 11) is 0. The maximum absolute atomic E-state index is 11.9. The van der Waals surface area contributed by atoms with E-state index in [9.17, 15) is 4.79 Å². The first kappa shape index (κ1) is 20.0. The van der Waals surface area contributed by atoms with E-state index >= 15 is 0 Å². The van der Waals surface area contributed by atoms with Gasteiger partial charge in [-0.15, -0.1) is 6.58 Å². The molecule has 1 saturated heterocycles. The van der Waals surface area contributed by atoms with Crippen LogP contribution in [0, 0.1) is 17.8 Å². The zero-order chi connectivity index (χ0) is 17.6. The minimum Gasteiger partial charge on any atom is -0.441 e. The molecule has 23 heavy (non-hydrogen) atoms. The van der Waals surface area contributed by atoms with E-state index in [2.05, 4.69) is 53.4 Å². The Balaban J connectivity index is 3.01. The molecule has 1 heterocycles. The van der Waals surface area contributed by atoms with Gasteiger partial charge in [-0.05, 0) is 31.6 Å². The second kappa shape index (κ2) is 8.72. The molecule has 4 heteroatoms. The molecule has 1 aliphatic heterocycles. The molecule has 0 aromatic rings. The van der Waals surface area contributed by atoms with Crippen molar-refractivity contribution in [2.45, 2.75) is 78.6 Å². The molecule has 0 radical (unpaired) electrons. The quantitative estimate of drug-likeness (QED) is 0.600. The largest absolute Gasteiger partial charge is 0.441 e. The van der Waals surface area contributed by atoms with E-state index in [0.29, 0.717) is 12.5 Å². The highest BCUT2D eigenvalue weighted by Gasteiger charge is 2.52. The molecule has 1 fully saturated rings. The number of ether oxygens (including phenoxy) is 2. The summed E-state index contributed by atoms with van der Waals surface area (Å²) in [5.41, 5.74) is -0.493. The molecule has 4 nitrogen and oxygen atoms in total. The molecule has 3 unspecified atom stereocenters. The molecule has 1 amide bonds. The third-order valence-electron chi connectivity index (χ3n) is 5.55. The topological polar surface area (TPSA) is 47.6 Å². The lowest BCUT2D eigenvalue weighted by molar-refractivity contribution is -0.0575. The second-order valence-electron chi connectivity index (χ2n) is 7.22.